The molecule has 3 heterocycles. The minimum Gasteiger partial charge on any atom is -0.449 e. The average Bonchev–Trinajstić information content (AvgIpc) is 3.96. The van der Waals surface area contributed by atoms with Gasteiger partial charge in [-0.3, -0.25) is 24.0 Å². The number of nitrogens with one attached hydrogen (secondary N) is 3. The minimum absolute atomic E-state index is 0.0273. The van der Waals surface area contributed by atoms with Crippen LogP contribution < -0.4 is 15.4 Å². The van der Waals surface area contributed by atoms with E-state index in [1.807, 2.05) is 40.4 Å². The number of nitrogens with zero attached hydrogens (tertiary/aromatic N) is 2. The number of alkyl carbamates (subject to hydrolysis) is 1. The number of sulfonamides is 1. The molecular weight excluding hydrogens is 723 g/mol. The van der Waals surface area contributed by atoms with Gasteiger partial charge in [-0.05, 0) is 42.4 Å². The SMILES string of the molecule is C=C[C@H]1C[C@]1(NC(=O)[C@@H]1C[C@@H]2CN1C(=O)[C@H](CC(F)(F)F)NC(=O)OCC(C)(C)C/C=C/c1cccc3c1CN(C3)C(=O)O2)C(=O)NS(=O)(=O)C1CC1. The maximum atomic E-state index is 14.0. The number of fused-ring (bicyclic) bond motifs is 3. The topological polar surface area (TPSA) is 181 Å². The number of hydrogen-bond acceptors (Lipinski definition) is 9. The van der Waals surface area contributed by atoms with Crippen molar-refractivity contribution in [2.24, 2.45) is 11.3 Å². The van der Waals surface area contributed by atoms with Gasteiger partial charge in [0.25, 0.3) is 5.91 Å². The number of rotatable bonds is 7. The van der Waals surface area contributed by atoms with Crippen LogP contribution in [0.5, 0.6) is 0 Å². The molecule has 3 aliphatic heterocycles. The van der Waals surface area contributed by atoms with E-state index in [0.717, 1.165) is 21.6 Å². The molecule has 5 aliphatic rings. The lowest BCUT2D eigenvalue weighted by Gasteiger charge is -2.30. The Morgan fingerprint density at radius 3 is 2.55 bits per heavy atom. The van der Waals surface area contributed by atoms with Crippen molar-refractivity contribution in [2.45, 2.75) is 101 Å². The van der Waals surface area contributed by atoms with Gasteiger partial charge in [0, 0.05) is 24.3 Å². The fraction of sp³-hybridized carbons (Fsp3) is 0.571. The van der Waals surface area contributed by atoms with Crippen LogP contribution in [0.2, 0.25) is 0 Å². The Hall–Kier alpha value is -4.61. The molecule has 288 valence electrons. The highest BCUT2D eigenvalue weighted by Crippen LogP contribution is 2.45. The second-order valence-corrected chi connectivity index (χ2v) is 17.1. The Morgan fingerprint density at radius 1 is 1.15 bits per heavy atom. The zero-order chi connectivity index (χ0) is 38.5. The molecule has 1 saturated heterocycles. The molecule has 2 aliphatic carbocycles. The van der Waals surface area contributed by atoms with E-state index in [0.29, 0.717) is 19.3 Å². The van der Waals surface area contributed by atoms with Gasteiger partial charge in [0.05, 0.1) is 31.4 Å². The van der Waals surface area contributed by atoms with Crippen LogP contribution in [-0.4, -0.2) is 96.4 Å². The Morgan fingerprint density at radius 2 is 1.89 bits per heavy atom. The molecule has 0 unspecified atom stereocenters. The lowest BCUT2D eigenvalue weighted by molar-refractivity contribution is -0.156. The molecule has 1 aromatic carbocycles. The summed E-state index contributed by atoms with van der Waals surface area (Å²) in [4.78, 5) is 69.9. The molecule has 2 saturated carbocycles. The van der Waals surface area contributed by atoms with Crippen molar-refractivity contribution in [3.05, 3.63) is 53.6 Å². The van der Waals surface area contributed by atoms with Gasteiger partial charge in [-0.2, -0.15) is 13.2 Å². The highest BCUT2D eigenvalue weighted by Gasteiger charge is 2.62. The Labute approximate surface area is 304 Å². The number of halogens is 3. The van der Waals surface area contributed by atoms with Gasteiger partial charge in [-0.1, -0.05) is 50.3 Å². The monoisotopic (exact) mass is 765 g/mol. The van der Waals surface area contributed by atoms with Crippen LogP contribution >= 0.6 is 0 Å². The van der Waals surface area contributed by atoms with Crippen LogP contribution in [-0.2, 0) is 47.0 Å². The Bertz CT molecular complexity index is 1850. The maximum Gasteiger partial charge on any atom is 0.410 e. The summed E-state index contributed by atoms with van der Waals surface area (Å²) in [6, 6.07) is 1.80. The first-order valence-electron chi connectivity index (χ1n) is 17.3. The van der Waals surface area contributed by atoms with E-state index in [2.05, 4.69) is 11.9 Å². The Kier molecular flexibility index (Phi) is 10.1. The fourth-order valence-corrected chi connectivity index (χ4v) is 8.35. The summed E-state index contributed by atoms with van der Waals surface area (Å²) in [7, 11) is -4.02. The van der Waals surface area contributed by atoms with Gasteiger partial charge in [-0.15, -0.1) is 6.58 Å². The van der Waals surface area contributed by atoms with Crippen LogP contribution in [0.15, 0.2) is 36.9 Å². The zero-order valence-electron chi connectivity index (χ0n) is 29.2. The second-order valence-electron chi connectivity index (χ2n) is 15.1. The van der Waals surface area contributed by atoms with E-state index in [1.165, 1.54) is 11.0 Å². The standard InChI is InChI=1S/C35H42F3N5O9S/c1-4-22-14-34(22,30(46)41-53(49,50)24-10-11-24)40-28(44)27-13-23-17-43(27)29(45)26(15-35(36,37)38)39-31(47)51-19-33(2,3)12-6-9-20-7-5-8-21-16-42(18-25(20)21)32(48)52-23/h4-9,22-24,26-27H,1,10-19H2,2-3H3,(H,39,47)(H,40,44)(H,41,46)/b9-6+/t22-,23+,26-,27-,34+/m0/s1. The summed E-state index contributed by atoms with van der Waals surface area (Å²) in [6.07, 6.45) is -4.14. The van der Waals surface area contributed by atoms with E-state index < -0.39 is 99.4 Å². The third-order valence-corrected chi connectivity index (χ3v) is 12.0. The van der Waals surface area contributed by atoms with Crippen molar-refractivity contribution in [3.63, 3.8) is 0 Å². The molecular formula is C35H42F3N5O9S. The molecule has 0 radical (unpaired) electrons. The van der Waals surface area contributed by atoms with Crippen molar-refractivity contribution in [1.82, 2.24) is 25.2 Å². The first kappa shape index (κ1) is 38.1. The number of carbonyl (C=O) groups excluding carboxylic acids is 5. The average molecular weight is 766 g/mol. The molecule has 53 heavy (non-hydrogen) atoms. The summed E-state index contributed by atoms with van der Waals surface area (Å²) in [5, 5.41) is 3.79. The van der Waals surface area contributed by atoms with E-state index in [9.17, 15) is 45.6 Å². The second kappa shape index (κ2) is 14.0. The van der Waals surface area contributed by atoms with Gasteiger partial charge < -0.3 is 25.0 Å². The number of carbonyl (C=O) groups is 5. The number of amides is 5. The molecule has 0 spiro atoms. The summed E-state index contributed by atoms with van der Waals surface area (Å²) < 4.78 is 79.8. The molecule has 6 rings (SSSR count). The van der Waals surface area contributed by atoms with Crippen LogP contribution in [0.1, 0.15) is 69.1 Å². The van der Waals surface area contributed by atoms with Crippen molar-refractivity contribution in [2.75, 3.05) is 13.2 Å². The lowest BCUT2D eigenvalue weighted by atomic mass is 9.90. The molecule has 5 amide bonds. The van der Waals surface area contributed by atoms with Gasteiger partial charge >= 0.3 is 18.4 Å². The minimum atomic E-state index is -4.94. The lowest BCUT2D eigenvalue weighted by Crippen LogP contribution is -2.58. The number of hydrogen-bond donors (Lipinski definition) is 3. The molecule has 14 nitrogen and oxygen atoms in total. The smallest absolute Gasteiger partial charge is 0.410 e. The molecule has 4 bridgehead atoms. The van der Waals surface area contributed by atoms with Gasteiger partial charge in [-0.25, -0.2) is 18.0 Å². The van der Waals surface area contributed by atoms with E-state index in [4.69, 9.17) is 9.47 Å². The van der Waals surface area contributed by atoms with Crippen LogP contribution in [0, 0.1) is 11.3 Å². The molecule has 18 heteroatoms. The van der Waals surface area contributed by atoms with E-state index in [1.54, 1.807) is 13.8 Å². The fourth-order valence-electron chi connectivity index (χ4n) is 6.98. The van der Waals surface area contributed by atoms with Crippen LogP contribution in [0.3, 0.4) is 0 Å². The molecule has 5 atom stereocenters. The summed E-state index contributed by atoms with van der Waals surface area (Å²) >= 11 is 0. The Balaban J connectivity index is 1.30. The predicted octanol–water partition coefficient (Wildman–Crippen LogP) is 3.27. The summed E-state index contributed by atoms with van der Waals surface area (Å²) in [6.45, 7) is 6.90. The maximum absolute atomic E-state index is 14.0. The summed E-state index contributed by atoms with van der Waals surface area (Å²) in [5.74, 6) is -4.01. The van der Waals surface area contributed by atoms with E-state index in [-0.39, 0.29) is 32.5 Å². The van der Waals surface area contributed by atoms with E-state index >= 15 is 0 Å². The number of allylic oxidation sites excluding steroid dienone is 1. The normalized spacial score (nSPS) is 29.4. The molecule has 1 aromatic rings. The van der Waals surface area contributed by atoms with Crippen molar-refractivity contribution < 1.29 is 55.0 Å². The number of cyclic esters (lactones) is 1. The number of ether oxygens (including phenoxy) is 2. The van der Waals surface area contributed by atoms with Crippen LogP contribution in [0.25, 0.3) is 6.08 Å². The quantitative estimate of drug-likeness (QED) is 0.351. The number of alkyl halides is 3. The van der Waals surface area contributed by atoms with Crippen molar-refractivity contribution in [1.29, 1.82) is 0 Å². The molecule has 0 aromatic heterocycles. The van der Waals surface area contributed by atoms with Gasteiger partial charge in [0.2, 0.25) is 21.8 Å². The largest absolute Gasteiger partial charge is 0.449 e. The third-order valence-electron chi connectivity index (χ3n) is 10.2. The first-order chi connectivity index (χ1) is 24.8. The molecule has 3 N–H and O–H groups in total. The highest BCUT2D eigenvalue weighted by atomic mass is 32.2. The van der Waals surface area contributed by atoms with Crippen molar-refractivity contribution >= 4 is 46.0 Å². The first-order valence-corrected chi connectivity index (χ1v) is 18.9. The van der Waals surface area contributed by atoms with Crippen molar-refractivity contribution in [3.8, 4) is 0 Å². The third kappa shape index (κ3) is 8.47. The zero-order valence-corrected chi connectivity index (χ0v) is 30.1. The predicted molar refractivity (Wildman–Crippen MR) is 182 cm³/mol. The highest BCUT2D eigenvalue weighted by molar-refractivity contribution is 7.91. The van der Waals surface area contributed by atoms with Crippen LogP contribution in [0.4, 0.5) is 22.8 Å². The number of benzene rings is 1. The summed E-state index contributed by atoms with van der Waals surface area (Å²) in [5.41, 5.74) is 0.197. The van der Waals surface area contributed by atoms with Gasteiger partial charge in [0.15, 0.2) is 0 Å². The van der Waals surface area contributed by atoms with Gasteiger partial charge in [0.1, 0.15) is 23.7 Å². The molecule has 3 fully saturated rings.